The summed E-state index contributed by atoms with van der Waals surface area (Å²) in [7, 11) is 1.71. The summed E-state index contributed by atoms with van der Waals surface area (Å²) in [4.78, 5) is 11.6. The minimum absolute atomic E-state index is 0.0636. The largest absolute Gasteiger partial charge is 0.343 e. The number of rotatable bonds is 1. The Morgan fingerprint density at radius 3 is 3.00 bits per heavy atom. The van der Waals surface area contributed by atoms with Crippen LogP contribution in [-0.2, 0) is 21.3 Å². The summed E-state index contributed by atoms with van der Waals surface area (Å²) in [6, 6.07) is -0.201. The molecule has 3 heterocycles. The lowest BCUT2D eigenvalue weighted by Crippen LogP contribution is -2.37. The van der Waals surface area contributed by atoms with Gasteiger partial charge in [0.25, 0.3) is 0 Å². The first-order valence-corrected chi connectivity index (χ1v) is 5.36. The molecule has 1 aromatic heterocycles. The predicted molar refractivity (Wildman–Crippen MR) is 53.1 cm³/mol. The fourth-order valence-electron chi connectivity index (χ4n) is 2.00. The number of carbonyl (C=O) groups is 1. The molecule has 3 atom stereocenters. The SMILES string of the molecule is Cn1nnn([C@H]2CC(=O)[C@H]3OC[C@@H]2O3)c1=S. The number of fused-ring (bicyclic) bond motifs is 2. The predicted octanol–water partition coefficient (Wildman–Crippen LogP) is -0.399. The van der Waals surface area contributed by atoms with Gasteiger partial charge in [-0.05, 0) is 22.6 Å². The highest BCUT2D eigenvalue weighted by molar-refractivity contribution is 7.71. The van der Waals surface area contributed by atoms with E-state index >= 15 is 0 Å². The van der Waals surface area contributed by atoms with E-state index in [1.54, 1.807) is 11.7 Å². The lowest BCUT2D eigenvalue weighted by molar-refractivity contribution is -0.156. The second-order valence-corrected chi connectivity index (χ2v) is 4.27. The maximum Gasteiger partial charge on any atom is 0.218 e. The lowest BCUT2D eigenvalue weighted by Gasteiger charge is -2.25. The van der Waals surface area contributed by atoms with E-state index in [-0.39, 0.29) is 17.9 Å². The highest BCUT2D eigenvalue weighted by atomic mass is 32.1. The van der Waals surface area contributed by atoms with E-state index in [4.69, 9.17) is 21.7 Å². The van der Waals surface area contributed by atoms with Crippen LogP contribution in [0.4, 0.5) is 0 Å². The molecule has 2 aliphatic rings. The molecule has 2 saturated heterocycles. The van der Waals surface area contributed by atoms with Crippen LogP contribution in [0, 0.1) is 4.77 Å². The molecule has 0 aromatic carbocycles. The van der Waals surface area contributed by atoms with Gasteiger partial charge in [-0.1, -0.05) is 0 Å². The molecule has 0 N–H and O–H groups in total. The molecule has 0 spiro atoms. The van der Waals surface area contributed by atoms with Gasteiger partial charge in [-0.25, -0.2) is 9.36 Å². The molecule has 2 fully saturated rings. The Morgan fingerprint density at radius 1 is 1.50 bits per heavy atom. The lowest BCUT2D eigenvalue weighted by atomic mass is 10.0. The average molecular weight is 242 g/mol. The number of aromatic nitrogens is 4. The highest BCUT2D eigenvalue weighted by Crippen LogP contribution is 2.32. The Morgan fingerprint density at radius 2 is 2.31 bits per heavy atom. The van der Waals surface area contributed by atoms with Gasteiger partial charge in [-0.2, -0.15) is 0 Å². The van der Waals surface area contributed by atoms with E-state index in [2.05, 4.69) is 10.4 Å². The van der Waals surface area contributed by atoms with Crippen molar-refractivity contribution < 1.29 is 14.3 Å². The summed E-state index contributed by atoms with van der Waals surface area (Å²) in [6.45, 7) is 0.402. The zero-order valence-electron chi connectivity index (χ0n) is 8.57. The molecule has 3 rings (SSSR count). The molecule has 8 heteroatoms. The van der Waals surface area contributed by atoms with Gasteiger partial charge in [0.1, 0.15) is 6.10 Å². The quantitative estimate of drug-likeness (QED) is 0.624. The van der Waals surface area contributed by atoms with Crippen molar-refractivity contribution in [3.63, 3.8) is 0 Å². The molecule has 2 aliphatic heterocycles. The van der Waals surface area contributed by atoms with Gasteiger partial charge in [-0.15, -0.1) is 0 Å². The van der Waals surface area contributed by atoms with Crippen molar-refractivity contribution in [3.8, 4) is 0 Å². The van der Waals surface area contributed by atoms with Crippen LogP contribution >= 0.6 is 12.2 Å². The van der Waals surface area contributed by atoms with E-state index in [9.17, 15) is 4.79 Å². The van der Waals surface area contributed by atoms with Gasteiger partial charge in [0.15, 0.2) is 5.78 Å². The molecule has 0 saturated carbocycles. The average Bonchev–Trinajstić information content (AvgIpc) is 2.82. The molecular weight excluding hydrogens is 232 g/mol. The third kappa shape index (κ3) is 1.34. The Labute approximate surface area is 95.9 Å². The number of tetrazole rings is 1. The molecule has 0 amide bonds. The number of hydrogen-bond acceptors (Lipinski definition) is 6. The second-order valence-electron chi connectivity index (χ2n) is 3.91. The van der Waals surface area contributed by atoms with E-state index in [1.165, 1.54) is 4.68 Å². The number of carbonyl (C=O) groups excluding carboxylic acids is 1. The monoisotopic (exact) mass is 242 g/mol. The number of Topliss-reactive ketones (excluding diaryl/α,β-unsaturated/α-hetero) is 1. The van der Waals surface area contributed by atoms with Crippen molar-refractivity contribution in [2.45, 2.75) is 24.9 Å². The zero-order valence-corrected chi connectivity index (χ0v) is 9.38. The topological polar surface area (TPSA) is 71.2 Å². The third-order valence-electron chi connectivity index (χ3n) is 2.87. The summed E-state index contributed by atoms with van der Waals surface area (Å²) in [6.07, 6.45) is -0.513. The third-order valence-corrected chi connectivity index (χ3v) is 3.32. The summed E-state index contributed by atoms with van der Waals surface area (Å²) in [5, 5.41) is 7.74. The second kappa shape index (κ2) is 3.44. The minimum atomic E-state index is -0.688. The van der Waals surface area contributed by atoms with Gasteiger partial charge >= 0.3 is 0 Å². The van der Waals surface area contributed by atoms with Crippen molar-refractivity contribution in [3.05, 3.63) is 4.77 Å². The van der Waals surface area contributed by atoms with Crippen LogP contribution < -0.4 is 0 Å². The standard InChI is InChI=1S/C8H10N4O3S/c1-11-8(16)12(10-9-11)4-2-5(13)7-14-3-6(4)15-7/h4,6-7H,2-3H2,1H3/t4-,6-,7-/m0/s1. The normalized spacial score (nSPS) is 33.3. The molecule has 86 valence electrons. The molecule has 7 nitrogen and oxygen atoms in total. The maximum absolute atomic E-state index is 11.6. The zero-order chi connectivity index (χ0) is 11.3. The first kappa shape index (κ1) is 10.1. The highest BCUT2D eigenvalue weighted by Gasteiger charge is 2.44. The Hall–Kier alpha value is -1.12. The number of hydrogen-bond donors (Lipinski definition) is 0. The van der Waals surface area contributed by atoms with Crippen LogP contribution in [0.5, 0.6) is 0 Å². The maximum atomic E-state index is 11.6. The van der Waals surface area contributed by atoms with Crippen LogP contribution in [0.25, 0.3) is 0 Å². The molecular formula is C8H10N4O3S. The van der Waals surface area contributed by atoms with Crippen molar-refractivity contribution in [2.75, 3.05) is 6.61 Å². The van der Waals surface area contributed by atoms with E-state index in [1.807, 2.05) is 0 Å². The van der Waals surface area contributed by atoms with Crippen molar-refractivity contribution in [1.29, 1.82) is 0 Å². The van der Waals surface area contributed by atoms with Crippen LogP contribution in [0.15, 0.2) is 0 Å². The number of aryl methyl sites for hydroxylation is 1. The molecule has 0 aliphatic carbocycles. The summed E-state index contributed by atoms with van der Waals surface area (Å²) < 4.78 is 14.2. The van der Waals surface area contributed by atoms with Gasteiger partial charge in [0.2, 0.25) is 11.1 Å². The summed E-state index contributed by atoms with van der Waals surface area (Å²) >= 11 is 5.15. The fourth-order valence-corrected chi connectivity index (χ4v) is 2.21. The van der Waals surface area contributed by atoms with Gasteiger partial charge in [0, 0.05) is 13.5 Å². The Balaban J connectivity index is 1.98. The van der Waals surface area contributed by atoms with Crippen LogP contribution in [0.2, 0.25) is 0 Å². The Bertz CT molecular complexity index is 496. The van der Waals surface area contributed by atoms with Gasteiger partial charge < -0.3 is 9.47 Å². The molecule has 16 heavy (non-hydrogen) atoms. The summed E-state index contributed by atoms with van der Waals surface area (Å²) in [5.41, 5.74) is 0. The number of ether oxygens (including phenoxy) is 2. The van der Waals surface area contributed by atoms with Crippen LogP contribution in [0.3, 0.4) is 0 Å². The fraction of sp³-hybridized carbons (Fsp3) is 0.750. The van der Waals surface area contributed by atoms with Crippen molar-refractivity contribution >= 4 is 18.0 Å². The van der Waals surface area contributed by atoms with Crippen LogP contribution in [0.1, 0.15) is 12.5 Å². The molecule has 0 radical (unpaired) electrons. The van der Waals surface area contributed by atoms with E-state index in [0.717, 1.165) is 0 Å². The first-order valence-electron chi connectivity index (χ1n) is 4.95. The van der Waals surface area contributed by atoms with Gasteiger partial charge in [0.05, 0.1) is 12.6 Å². The number of nitrogens with zero attached hydrogens (tertiary/aromatic N) is 4. The van der Waals surface area contributed by atoms with Crippen LogP contribution in [-0.4, -0.2) is 44.6 Å². The van der Waals surface area contributed by atoms with Crippen molar-refractivity contribution in [1.82, 2.24) is 19.8 Å². The summed E-state index contributed by atoms with van der Waals surface area (Å²) in [5.74, 6) is -0.0636. The first-order chi connectivity index (χ1) is 7.66. The minimum Gasteiger partial charge on any atom is -0.343 e. The van der Waals surface area contributed by atoms with Gasteiger partial charge in [-0.3, -0.25) is 4.79 Å². The van der Waals surface area contributed by atoms with E-state index in [0.29, 0.717) is 17.8 Å². The smallest absolute Gasteiger partial charge is 0.218 e. The van der Waals surface area contributed by atoms with E-state index < -0.39 is 6.29 Å². The number of ketones is 1. The molecule has 2 bridgehead atoms. The molecule has 0 unspecified atom stereocenters. The van der Waals surface area contributed by atoms with Crippen molar-refractivity contribution in [2.24, 2.45) is 7.05 Å². The molecule has 1 aromatic rings. The Kier molecular flexibility index (Phi) is 2.16.